The van der Waals surface area contributed by atoms with Crippen molar-refractivity contribution in [1.29, 1.82) is 0 Å². The van der Waals surface area contributed by atoms with Crippen LogP contribution in [0.1, 0.15) is 43.2 Å². The fourth-order valence-corrected chi connectivity index (χ4v) is 5.54. The number of ether oxygens (including phenoxy) is 1. The molecular formula is C21H29NO5. The molecule has 27 heavy (non-hydrogen) atoms. The molecule has 4 aliphatic rings. The summed E-state index contributed by atoms with van der Waals surface area (Å²) >= 11 is 0. The standard InChI is InChI=1S/C19H27NO.C2H2O4/c1-12-5-13(3-4-18(12)21-2)11-20-19-16-7-14-6-15(9-16)10-17(19)8-14;3-1(4)2(5)6/h3-5,14-17,19-20H,6-11H2,1-2H3;(H,3,4)(H,5,6). The van der Waals surface area contributed by atoms with Crippen molar-refractivity contribution in [2.24, 2.45) is 23.7 Å². The molecule has 6 nitrogen and oxygen atoms in total. The van der Waals surface area contributed by atoms with E-state index in [0.29, 0.717) is 0 Å². The molecule has 0 atom stereocenters. The highest BCUT2D eigenvalue weighted by Crippen LogP contribution is 2.53. The zero-order valence-electron chi connectivity index (χ0n) is 16.0. The van der Waals surface area contributed by atoms with Gasteiger partial charge in [0, 0.05) is 12.6 Å². The third-order valence-electron chi connectivity index (χ3n) is 6.41. The molecule has 0 saturated heterocycles. The van der Waals surface area contributed by atoms with Crippen LogP contribution in [0, 0.1) is 30.6 Å². The molecule has 0 amide bonds. The molecule has 148 valence electrons. The van der Waals surface area contributed by atoms with Gasteiger partial charge in [-0.3, -0.25) is 0 Å². The number of carboxylic acids is 2. The van der Waals surface area contributed by atoms with Gasteiger partial charge in [0.15, 0.2) is 0 Å². The lowest BCUT2D eigenvalue weighted by molar-refractivity contribution is -0.159. The van der Waals surface area contributed by atoms with Crippen molar-refractivity contribution in [3.63, 3.8) is 0 Å². The zero-order chi connectivity index (χ0) is 19.6. The van der Waals surface area contributed by atoms with E-state index in [1.54, 1.807) is 7.11 Å². The average Bonchev–Trinajstić information content (AvgIpc) is 2.61. The van der Waals surface area contributed by atoms with Gasteiger partial charge >= 0.3 is 11.9 Å². The summed E-state index contributed by atoms with van der Waals surface area (Å²) in [5.41, 5.74) is 2.63. The summed E-state index contributed by atoms with van der Waals surface area (Å²) in [5.74, 6) is 1.39. The van der Waals surface area contributed by atoms with Crippen LogP contribution >= 0.6 is 0 Å². The molecule has 0 aliphatic heterocycles. The van der Waals surface area contributed by atoms with Crippen molar-refractivity contribution in [2.45, 2.75) is 51.6 Å². The Labute approximate surface area is 159 Å². The second-order valence-electron chi connectivity index (χ2n) is 8.25. The summed E-state index contributed by atoms with van der Waals surface area (Å²) < 4.78 is 5.35. The Hall–Kier alpha value is -2.08. The van der Waals surface area contributed by atoms with Crippen LogP contribution in [0.3, 0.4) is 0 Å². The molecule has 5 rings (SSSR count). The Kier molecular flexibility index (Phi) is 6.05. The first-order valence-electron chi connectivity index (χ1n) is 9.70. The summed E-state index contributed by atoms with van der Waals surface area (Å²) in [6.45, 7) is 3.14. The van der Waals surface area contributed by atoms with Crippen LogP contribution in [0.5, 0.6) is 5.75 Å². The summed E-state index contributed by atoms with van der Waals surface area (Å²) in [6, 6.07) is 7.35. The molecule has 0 spiro atoms. The van der Waals surface area contributed by atoms with Gasteiger partial charge < -0.3 is 20.3 Å². The Morgan fingerprint density at radius 2 is 1.59 bits per heavy atom. The van der Waals surface area contributed by atoms with Crippen LogP contribution in [0.25, 0.3) is 0 Å². The van der Waals surface area contributed by atoms with E-state index in [4.69, 9.17) is 24.5 Å². The maximum Gasteiger partial charge on any atom is 0.414 e. The first-order valence-corrected chi connectivity index (χ1v) is 9.70. The molecular weight excluding hydrogens is 346 g/mol. The Morgan fingerprint density at radius 3 is 2.04 bits per heavy atom. The molecule has 0 unspecified atom stereocenters. The van der Waals surface area contributed by atoms with Crippen LogP contribution in [0.4, 0.5) is 0 Å². The van der Waals surface area contributed by atoms with Crippen molar-refractivity contribution in [3.8, 4) is 5.75 Å². The number of benzene rings is 1. The largest absolute Gasteiger partial charge is 0.496 e. The molecule has 4 aliphatic carbocycles. The predicted molar refractivity (Wildman–Crippen MR) is 101 cm³/mol. The van der Waals surface area contributed by atoms with Crippen molar-refractivity contribution < 1.29 is 24.5 Å². The predicted octanol–water partition coefficient (Wildman–Crippen LogP) is 3.07. The summed E-state index contributed by atoms with van der Waals surface area (Å²) in [6.07, 6.45) is 7.51. The summed E-state index contributed by atoms with van der Waals surface area (Å²) in [4.78, 5) is 18.2. The molecule has 3 N–H and O–H groups in total. The number of carbonyl (C=O) groups is 2. The molecule has 4 bridgehead atoms. The molecule has 4 saturated carbocycles. The van der Waals surface area contributed by atoms with Crippen molar-refractivity contribution >= 4 is 11.9 Å². The van der Waals surface area contributed by atoms with E-state index < -0.39 is 11.9 Å². The molecule has 0 radical (unpaired) electrons. The molecule has 1 aromatic carbocycles. The Morgan fingerprint density at radius 1 is 1.04 bits per heavy atom. The van der Waals surface area contributed by atoms with Gasteiger partial charge in [0.2, 0.25) is 0 Å². The molecule has 1 aromatic rings. The maximum atomic E-state index is 9.10. The van der Waals surface area contributed by atoms with Gasteiger partial charge in [-0.05, 0) is 79.9 Å². The monoisotopic (exact) mass is 375 g/mol. The van der Waals surface area contributed by atoms with Gasteiger partial charge in [-0.15, -0.1) is 0 Å². The number of hydrogen-bond donors (Lipinski definition) is 3. The third kappa shape index (κ3) is 4.61. The van der Waals surface area contributed by atoms with Gasteiger partial charge in [0.1, 0.15) is 5.75 Å². The van der Waals surface area contributed by atoms with Crippen LogP contribution in [0.2, 0.25) is 0 Å². The maximum absolute atomic E-state index is 9.10. The van der Waals surface area contributed by atoms with Crippen molar-refractivity contribution in [3.05, 3.63) is 29.3 Å². The van der Waals surface area contributed by atoms with Gasteiger partial charge in [0.25, 0.3) is 0 Å². The van der Waals surface area contributed by atoms with E-state index >= 15 is 0 Å². The highest BCUT2D eigenvalue weighted by atomic mass is 16.5. The van der Waals surface area contributed by atoms with Crippen LogP contribution in [-0.4, -0.2) is 35.3 Å². The minimum absolute atomic E-state index is 0.778. The highest BCUT2D eigenvalue weighted by molar-refractivity contribution is 6.27. The van der Waals surface area contributed by atoms with E-state index in [0.717, 1.165) is 42.0 Å². The smallest absolute Gasteiger partial charge is 0.414 e. The fraction of sp³-hybridized carbons (Fsp3) is 0.619. The normalized spacial score (nSPS) is 30.4. The minimum Gasteiger partial charge on any atom is -0.496 e. The summed E-state index contributed by atoms with van der Waals surface area (Å²) in [5, 5.41) is 18.7. The second-order valence-corrected chi connectivity index (χ2v) is 8.25. The van der Waals surface area contributed by atoms with Gasteiger partial charge in [-0.25, -0.2) is 9.59 Å². The number of hydrogen-bond acceptors (Lipinski definition) is 4. The van der Waals surface area contributed by atoms with Gasteiger partial charge in [0.05, 0.1) is 7.11 Å². The lowest BCUT2D eigenvalue weighted by Crippen LogP contribution is -2.54. The average molecular weight is 375 g/mol. The first kappa shape index (κ1) is 19.7. The van der Waals surface area contributed by atoms with Crippen LogP contribution < -0.4 is 10.1 Å². The minimum atomic E-state index is -1.82. The fourth-order valence-electron chi connectivity index (χ4n) is 5.54. The van der Waals surface area contributed by atoms with Gasteiger partial charge in [-0.2, -0.15) is 0 Å². The van der Waals surface area contributed by atoms with Crippen LogP contribution in [-0.2, 0) is 16.1 Å². The number of nitrogens with one attached hydrogen (secondary N) is 1. The zero-order valence-corrected chi connectivity index (χ0v) is 16.0. The SMILES string of the molecule is COc1ccc(CNC2C3CC4CC(C3)CC2C4)cc1C.O=C(O)C(=O)O. The third-order valence-corrected chi connectivity index (χ3v) is 6.41. The number of carboxylic acid groups (broad SMARTS) is 2. The van der Waals surface area contributed by atoms with E-state index in [-0.39, 0.29) is 0 Å². The lowest BCUT2D eigenvalue weighted by Gasteiger charge is -2.54. The number of aliphatic carboxylic acids is 2. The van der Waals surface area contributed by atoms with Crippen molar-refractivity contribution in [1.82, 2.24) is 5.32 Å². The number of methoxy groups -OCH3 is 1. The summed E-state index contributed by atoms with van der Waals surface area (Å²) in [7, 11) is 1.74. The Bertz CT molecular complexity index is 662. The first-order chi connectivity index (χ1) is 12.9. The highest BCUT2D eigenvalue weighted by Gasteiger charge is 2.47. The van der Waals surface area contributed by atoms with E-state index in [1.165, 1.54) is 43.2 Å². The van der Waals surface area contributed by atoms with E-state index in [2.05, 4.69) is 30.4 Å². The van der Waals surface area contributed by atoms with Gasteiger partial charge in [-0.1, -0.05) is 12.1 Å². The number of aryl methyl sites for hydroxylation is 1. The number of rotatable bonds is 4. The topological polar surface area (TPSA) is 95.9 Å². The molecule has 0 aromatic heterocycles. The van der Waals surface area contributed by atoms with E-state index in [9.17, 15) is 0 Å². The molecule has 4 fully saturated rings. The molecule has 0 heterocycles. The lowest BCUT2D eigenvalue weighted by atomic mass is 9.54. The van der Waals surface area contributed by atoms with E-state index in [1.807, 2.05) is 0 Å². The van der Waals surface area contributed by atoms with Crippen molar-refractivity contribution in [2.75, 3.05) is 7.11 Å². The molecule has 6 heteroatoms. The van der Waals surface area contributed by atoms with Crippen LogP contribution in [0.15, 0.2) is 18.2 Å². The second kappa shape index (κ2) is 8.30. The Balaban J connectivity index is 0.000000307. The quantitative estimate of drug-likeness (QED) is 0.700.